The average Bonchev–Trinajstić information content (AvgIpc) is 3.22. The maximum Gasteiger partial charge on any atom is 0.346 e. The van der Waals surface area contributed by atoms with Crippen LogP contribution in [0.4, 0.5) is 10.5 Å². The molecule has 7 nitrogen and oxygen atoms in total. The summed E-state index contributed by atoms with van der Waals surface area (Å²) in [7, 11) is 1.70. The molecule has 1 aromatic carbocycles. The number of carbonyl (C=O) groups is 1. The maximum atomic E-state index is 12.3. The molecule has 2 N–H and O–H groups in total. The lowest BCUT2D eigenvalue weighted by atomic mass is 10.1. The van der Waals surface area contributed by atoms with Gasteiger partial charge in [0.2, 0.25) is 0 Å². The molecule has 0 aliphatic heterocycles. The maximum absolute atomic E-state index is 12.3. The minimum Gasteiger partial charge on any atom is -0.336 e. The molecular formula is C18H21N5O2S. The van der Waals surface area contributed by atoms with Gasteiger partial charge < -0.3 is 10.6 Å². The van der Waals surface area contributed by atoms with Crippen molar-refractivity contribution in [2.45, 2.75) is 20.4 Å². The Balaban J connectivity index is 1.58. The highest BCUT2D eigenvalue weighted by molar-refractivity contribution is 7.13. The Morgan fingerprint density at radius 1 is 1.23 bits per heavy atom. The lowest BCUT2D eigenvalue weighted by Crippen LogP contribution is -2.34. The molecule has 26 heavy (non-hydrogen) atoms. The molecule has 136 valence electrons. The third-order valence-electron chi connectivity index (χ3n) is 4.16. The highest BCUT2D eigenvalue weighted by Crippen LogP contribution is 2.20. The Kier molecular flexibility index (Phi) is 5.22. The van der Waals surface area contributed by atoms with E-state index in [1.807, 2.05) is 49.6 Å². The van der Waals surface area contributed by atoms with Crippen LogP contribution in [-0.4, -0.2) is 26.9 Å². The minimum atomic E-state index is -0.310. The Labute approximate surface area is 155 Å². The van der Waals surface area contributed by atoms with Crippen LogP contribution >= 0.6 is 11.3 Å². The molecule has 2 amide bonds. The topological polar surface area (TPSA) is 81.0 Å². The van der Waals surface area contributed by atoms with E-state index >= 15 is 0 Å². The van der Waals surface area contributed by atoms with Gasteiger partial charge in [-0.05, 0) is 48.6 Å². The number of hydrogen-bond acceptors (Lipinski definition) is 4. The zero-order valence-corrected chi connectivity index (χ0v) is 15.8. The largest absolute Gasteiger partial charge is 0.346 e. The summed E-state index contributed by atoms with van der Waals surface area (Å²) in [5, 5.41) is 11.8. The quantitative estimate of drug-likeness (QED) is 0.724. The van der Waals surface area contributed by atoms with Crippen LogP contribution in [0.15, 0.2) is 40.5 Å². The van der Waals surface area contributed by atoms with Gasteiger partial charge >= 0.3 is 11.7 Å². The predicted octanol–water partition coefficient (Wildman–Crippen LogP) is 2.75. The van der Waals surface area contributed by atoms with E-state index in [2.05, 4.69) is 15.7 Å². The highest BCUT2D eigenvalue weighted by Gasteiger charge is 2.12. The minimum absolute atomic E-state index is 0.204. The van der Waals surface area contributed by atoms with Gasteiger partial charge in [-0.25, -0.2) is 14.3 Å². The van der Waals surface area contributed by atoms with Crippen LogP contribution in [0.1, 0.15) is 11.1 Å². The van der Waals surface area contributed by atoms with Gasteiger partial charge in [0.25, 0.3) is 0 Å². The number of benzene rings is 1. The number of nitrogens with zero attached hydrogens (tertiary/aromatic N) is 3. The van der Waals surface area contributed by atoms with Crippen LogP contribution < -0.4 is 16.3 Å². The van der Waals surface area contributed by atoms with E-state index in [-0.39, 0.29) is 11.7 Å². The van der Waals surface area contributed by atoms with Gasteiger partial charge in [0, 0.05) is 19.3 Å². The monoisotopic (exact) mass is 371 g/mol. The first kappa shape index (κ1) is 17.9. The summed E-state index contributed by atoms with van der Waals surface area (Å²) < 4.78 is 2.88. The van der Waals surface area contributed by atoms with E-state index in [0.29, 0.717) is 18.9 Å². The number of carbonyl (C=O) groups excluding carboxylic acids is 1. The molecule has 0 aliphatic carbocycles. The van der Waals surface area contributed by atoms with Gasteiger partial charge in [-0.1, -0.05) is 12.1 Å². The van der Waals surface area contributed by atoms with Crippen molar-refractivity contribution in [1.29, 1.82) is 0 Å². The molecule has 2 aromatic heterocycles. The number of anilines is 1. The smallest absolute Gasteiger partial charge is 0.336 e. The number of urea groups is 1. The molecule has 0 unspecified atom stereocenters. The average molecular weight is 371 g/mol. The van der Waals surface area contributed by atoms with E-state index in [0.717, 1.165) is 16.1 Å². The Bertz CT molecular complexity index is 972. The lowest BCUT2D eigenvalue weighted by molar-refractivity contribution is 0.251. The molecule has 0 aliphatic rings. The molecule has 0 fully saturated rings. The van der Waals surface area contributed by atoms with Crippen LogP contribution in [0.2, 0.25) is 0 Å². The van der Waals surface area contributed by atoms with Gasteiger partial charge in [0.05, 0.1) is 11.4 Å². The first-order valence-electron chi connectivity index (χ1n) is 8.25. The van der Waals surface area contributed by atoms with E-state index in [1.54, 1.807) is 7.05 Å². The van der Waals surface area contributed by atoms with Crippen molar-refractivity contribution in [3.8, 4) is 10.7 Å². The lowest BCUT2D eigenvalue weighted by Gasteiger charge is -2.09. The summed E-state index contributed by atoms with van der Waals surface area (Å²) in [4.78, 5) is 25.2. The van der Waals surface area contributed by atoms with Gasteiger partial charge in [0.1, 0.15) is 0 Å². The van der Waals surface area contributed by atoms with Gasteiger partial charge in [-0.15, -0.1) is 16.4 Å². The van der Waals surface area contributed by atoms with E-state index in [9.17, 15) is 9.59 Å². The molecule has 0 atom stereocenters. The van der Waals surface area contributed by atoms with Crippen molar-refractivity contribution in [3.63, 3.8) is 0 Å². The summed E-state index contributed by atoms with van der Waals surface area (Å²) in [6.07, 6.45) is 0. The SMILES string of the molecule is Cc1ccc(NC(=O)NCCn2nc(-c3cccs3)n(C)c2=O)cc1C. The van der Waals surface area contributed by atoms with Crippen molar-refractivity contribution in [3.05, 3.63) is 57.3 Å². The van der Waals surface area contributed by atoms with Crippen LogP contribution in [-0.2, 0) is 13.6 Å². The van der Waals surface area contributed by atoms with Crippen LogP contribution in [0.3, 0.4) is 0 Å². The van der Waals surface area contributed by atoms with Gasteiger partial charge in [0.15, 0.2) is 5.82 Å². The van der Waals surface area contributed by atoms with Crippen LogP contribution in [0, 0.1) is 13.8 Å². The fourth-order valence-corrected chi connectivity index (χ4v) is 3.27. The zero-order valence-electron chi connectivity index (χ0n) is 14.9. The Morgan fingerprint density at radius 3 is 2.73 bits per heavy atom. The second-order valence-electron chi connectivity index (χ2n) is 6.05. The first-order chi connectivity index (χ1) is 12.5. The number of rotatable bonds is 5. The second-order valence-corrected chi connectivity index (χ2v) is 6.99. The number of aromatic nitrogens is 3. The van der Waals surface area contributed by atoms with Crippen molar-refractivity contribution >= 4 is 23.1 Å². The number of amides is 2. The summed E-state index contributed by atoms with van der Waals surface area (Å²) in [5.41, 5.74) is 2.82. The van der Waals surface area contributed by atoms with Crippen molar-refractivity contribution in [2.75, 3.05) is 11.9 Å². The summed E-state index contributed by atoms with van der Waals surface area (Å²) in [6, 6.07) is 9.28. The molecule has 0 saturated heterocycles. The van der Waals surface area contributed by atoms with Gasteiger partial charge in [-0.3, -0.25) is 4.57 Å². The van der Waals surface area contributed by atoms with Crippen LogP contribution in [0.5, 0.6) is 0 Å². The third-order valence-corrected chi connectivity index (χ3v) is 5.02. The molecule has 0 bridgehead atoms. The van der Waals surface area contributed by atoms with Crippen molar-refractivity contribution < 1.29 is 4.79 Å². The predicted molar refractivity (Wildman–Crippen MR) is 104 cm³/mol. The van der Waals surface area contributed by atoms with E-state index in [1.165, 1.54) is 26.1 Å². The molecule has 0 spiro atoms. The summed E-state index contributed by atoms with van der Waals surface area (Å²) >= 11 is 1.53. The Morgan fingerprint density at radius 2 is 2.04 bits per heavy atom. The molecule has 8 heteroatoms. The number of hydrogen-bond donors (Lipinski definition) is 2. The molecule has 3 rings (SSSR count). The second kappa shape index (κ2) is 7.57. The van der Waals surface area contributed by atoms with Gasteiger partial charge in [-0.2, -0.15) is 0 Å². The fourth-order valence-electron chi connectivity index (χ4n) is 2.52. The standard InChI is InChI=1S/C18H21N5O2S/c1-12-6-7-14(11-13(12)2)20-17(24)19-8-9-23-18(25)22(3)16(21-23)15-5-4-10-26-15/h4-7,10-11H,8-9H2,1-3H3,(H2,19,20,24). The zero-order chi connectivity index (χ0) is 18.7. The number of nitrogens with one attached hydrogen (secondary N) is 2. The Hall–Kier alpha value is -2.87. The third kappa shape index (κ3) is 3.85. The number of aryl methyl sites for hydroxylation is 2. The van der Waals surface area contributed by atoms with E-state index in [4.69, 9.17) is 0 Å². The fraction of sp³-hybridized carbons (Fsp3) is 0.278. The molecule has 3 aromatic rings. The molecule has 0 radical (unpaired) electrons. The van der Waals surface area contributed by atoms with E-state index < -0.39 is 0 Å². The van der Waals surface area contributed by atoms with Crippen LogP contribution in [0.25, 0.3) is 10.7 Å². The van der Waals surface area contributed by atoms with Crippen molar-refractivity contribution in [2.24, 2.45) is 7.05 Å². The molecular weight excluding hydrogens is 350 g/mol. The van der Waals surface area contributed by atoms with Crippen molar-refractivity contribution in [1.82, 2.24) is 19.7 Å². The summed E-state index contributed by atoms with van der Waals surface area (Å²) in [5.74, 6) is 0.629. The molecule has 2 heterocycles. The molecule has 0 saturated carbocycles. The highest BCUT2D eigenvalue weighted by atomic mass is 32.1. The number of thiophene rings is 1. The summed E-state index contributed by atoms with van der Waals surface area (Å²) in [6.45, 7) is 4.63. The normalized spacial score (nSPS) is 10.7. The first-order valence-corrected chi connectivity index (χ1v) is 9.13.